The largest absolute Gasteiger partial charge is 0.392 e. The quantitative estimate of drug-likeness (QED) is 0.628. The van der Waals surface area contributed by atoms with Crippen molar-refractivity contribution in [1.82, 2.24) is 0 Å². The van der Waals surface area contributed by atoms with E-state index in [0.717, 1.165) is 12.2 Å². The Balaban J connectivity index is 3.15. The minimum Gasteiger partial charge on any atom is -0.392 e. The fourth-order valence-corrected chi connectivity index (χ4v) is 1.84. The smallest absolute Gasteiger partial charge is 0.0633 e. The molecule has 0 aromatic heterocycles. The van der Waals surface area contributed by atoms with Crippen molar-refractivity contribution in [2.45, 2.75) is 39.7 Å². The molecule has 1 unspecified atom stereocenters. The Bertz CT molecular complexity index is 83.6. The number of rotatable bonds is 6. The summed E-state index contributed by atoms with van der Waals surface area (Å²) in [5.74, 6) is 2.70. The highest BCUT2D eigenvalue weighted by Crippen LogP contribution is 2.11. The van der Waals surface area contributed by atoms with Crippen molar-refractivity contribution < 1.29 is 5.11 Å². The molecule has 11 heavy (non-hydrogen) atoms. The number of thioether (sulfide) groups is 1. The summed E-state index contributed by atoms with van der Waals surface area (Å²) in [4.78, 5) is 0. The fraction of sp³-hybridized carbons (Fsp3) is 1.00. The molecule has 0 spiro atoms. The van der Waals surface area contributed by atoms with E-state index in [1.54, 1.807) is 0 Å². The molecule has 1 N–H and O–H groups in total. The molecule has 0 rings (SSSR count). The van der Waals surface area contributed by atoms with E-state index in [-0.39, 0.29) is 6.10 Å². The van der Waals surface area contributed by atoms with E-state index in [9.17, 15) is 5.11 Å². The number of hydrogen-bond donors (Lipinski definition) is 1. The van der Waals surface area contributed by atoms with Gasteiger partial charge in [-0.15, -0.1) is 0 Å². The average molecular weight is 176 g/mol. The second-order valence-electron chi connectivity index (χ2n) is 3.36. The van der Waals surface area contributed by atoms with Gasteiger partial charge in [-0.2, -0.15) is 11.8 Å². The maximum absolute atomic E-state index is 9.43. The standard InChI is InChI=1S/C9H20OS/c1-4-5-11-7-9(10)6-8(2)3/h8-10H,4-7H2,1-3H3. The molecule has 0 saturated carbocycles. The van der Waals surface area contributed by atoms with Crippen LogP contribution in [-0.4, -0.2) is 22.7 Å². The molecule has 0 amide bonds. The van der Waals surface area contributed by atoms with Crippen molar-refractivity contribution in [1.29, 1.82) is 0 Å². The summed E-state index contributed by atoms with van der Waals surface area (Å²) in [6.07, 6.45) is 2.06. The third-order valence-corrected chi connectivity index (χ3v) is 2.72. The molecule has 0 radical (unpaired) electrons. The summed E-state index contributed by atoms with van der Waals surface area (Å²) < 4.78 is 0. The number of aliphatic hydroxyl groups excluding tert-OH is 1. The van der Waals surface area contributed by atoms with Gasteiger partial charge in [-0.05, 0) is 24.5 Å². The second-order valence-corrected chi connectivity index (χ2v) is 4.51. The van der Waals surface area contributed by atoms with Crippen molar-refractivity contribution in [3.63, 3.8) is 0 Å². The Labute approximate surface area is 74.6 Å². The highest BCUT2D eigenvalue weighted by molar-refractivity contribution is 7.99. The molecule has 2 heteroatoms. The molecular formula is C9H20OS. The maximum atomic E-state index is 9.43. The van der Waals surface area contributed by atoms with Gasteiger partial charge in [0, 0.05) is 5.75 Å². The molecular weight excluding hydrogens is 156 g/mol. The molecule has 1 nitrogen and oxygen atoms in total. The molecule has 0 fully saturated rings. The van der Waals surface area contributed by atoms with Crippen LogP contribution in [0.25, 0.3) is 0 Å². The van der Waals surface area contributed by atoms with E-state index in [4.69, 9.17) is 0 Å². The second kappa shape index (κ2) is 6.99. The summed E-state index contributed by atoms with van der Waals surface area (Å²) in [6.45, 7) is 6.46. The predicted molar refractivity (Wildman–Crippen MR) is 53.1 cm³/mol. The van der Waals surface area contributed by atoms with E-state index >= 15 is 0 Å². The van der Waals surface area contributed by atoms with Crippen LogP contribution in [0.4, 0.5) is 0 Å². The van der Waals surface area contributed by atoms with Crippen molar-refractivity contribution >= 4 is 11.8 Å². The van der Waals surface area contributed by atoms with E-state index in [0.29, 0.717) is 5.92 Å². The van der Waals surface area contributed by atoms with Gasteiger partial charge in [0.25, 0.3) is 0 Å². The van der Waals surface area contributed by atoms with Gasteiger partial charge < -0.3 is 5.11 Å². The summed E-state index contributed by atoms with van der Waals surface area (Å²) in [6, 6.07) is 0. The first kappa shape index (κ1) is 11.3. The van der Waals surface area contributed by atoms with E-state index in [2.05, 4.69) is 20.8 Å². The third-order valence-electron chi connectivity index (χ3n) is 1.40. The zero-order valence-electron chi connectivity index (χ0n) is 7.84. The summed E-state index contributed by atoms with van der Waals surface area (Å²) in [5.41, 5.74) is 0. The first-order valence-corrected chi connectivity index (χ1v) is 5.58. The zero-order chi connectivity index (χ0) is 8.69. The van der Waals surface area contributed by atoms with Crippen LogP contribution in [0.1, 0.15) is 33.6 Å². The third kappa shape index (κ3) is 8.21. The molecule has 0 aromatic rings. The lowest BCUT2D eigenvalue weighted by molar-refractivity contribution is 0.172. The Hall–Kier alpha value is 0.310. The van der Waals surface area contributed by atoms with Crippen LogP contribution in [0.5, 0.6) is 0 Å². The van der Waals surface area contributed by atoms with E-state index < -0.39 is 0 Å². The lowest BCUT2D eigenvalue weighted by Crippen LogP contribution is -2.13. The predicted octanol–water partition coefficient (Wildman–Crippen LogP) is 2.54. The van der Waals surface area contributed by atoms with Crippen LogP contribution in [-0.2, 0) is 0 Å². The molecule has 68 valence electrons. The topological polar surface area (TPSA) is 20.2 Å². The van der Waals surface area contributed by atoms with E-state index in [1.807, 2.05) is 11.8 Å². The molecule has 0 aliphatic heterocycles. The van der Waals surface area contributed by atoms with Crippen LogP contribution in [0.3, 0.4) is 0 Å². The molecule has 0 aromatic carbocycles. The average Bonchev–Trinajstić information content (AvgIpc) is 1.86. The molecule has 1 atom stereocenters. The van der Waals surface area contributed by atoms with Gasteiger partial charge in [-0.25, -0.2) is 0 Å². The number of aliphatic hydroxyl groups is 1. The summed E-state index contributed by atoms with van der Waals surface area (Å²) in [5, 5.41) is 9.43. The summed E-state index contributed by atoms with van der Waals surface area (Å²) >= 11 is 1.85. The van der Waals surface area contributed by atoms with Crippen LogP contribution in [0, 0.1) is 5.92 Å². The van der Waals surface area contributed by atoms with Gasteiger partial charge in [-0.1, -0.05) is 20.8 Å². The SMILES string of the molecule is CCCSCC(O)CC(C)C. The van der Waals surface area contributed by atoms with Gasteiger partial charge in [-0.3, -0.25) is 0 Å². The highest BCUT2D eigenvalue weighted by atomic mass is 32.2. The normalized spacial score (nSPS) is 13.9. The zero-order valence-corrected chi connectivity index (χ0v) is 8.66. The van der Waals surface area contributed by atoms with Gasteiger partial charge in [0.15, 0.2) is 0 Å². The Morgan fingerprint density at radius 2 is 2.00 bits per heavy atom. The molecule has 0 bridgehead atoms. The minimum absolute atomic E-state index is 0.0912. The van der Waals surface area contributed by atoms with Crippen molar-refractivity contribution in [2.75, 3.05) is 11.5 Å². The van der Waals surface area contributed by atoms with E-state index in [1.165, 1.54) is 12.2 Å². The first-order chi connectivity index (χ1) is 5.16. The minimum atomic E-state index is -0.0912. The van der Waals surface area contributed by atoms with Gasteiger partial charge in [0.1, 0.15) is 0 Å². The Morgan fingerprint density at radius 3 is 2.45 bits per heavy atom. The summed E-state index contributed by atoms with van der Waals surface area (Å²) in [7, 11) is 0. The maximum Gasteiger partial charge on any atom is 0.0633 e. The first-order valence-electron chi connectivity index (χ1n) is 4.42. The van der Waals surface area contributed by atoms with Gasteiger partial charge in [0.2, 0.25) is 0 Å². The lowest BCUT2D eigenvalue weighted by atomic mass is 10.1. The van der Waals surface area contributed by atoms with Crippen LogP contribution >= 0.6 is 11.8 Å². The fourth-order valence-electron chi connectivity index (χ4n) is 0.976. The molecule has 0 heterocycles. The monoisotopic (exact) mass is 176 g/mol. The Kier molecular flexibility index (Phi) is 7.18. The number of hydrogen-bond acceptors (Lipinski definition) is 2. The van der Waals surface area contributed by atoms with Crippen molar-refractivity contribution in [2.24, 2.45) is 5.92 Å². The van der Waals surface area contributed by atoms with Crippen molar-refractivity contribution in [3.8, 4) is 0 Å². The lowest BCUT2D eigenvalue weighted by Gasteiger charge is -2.11. The van der Waals surface area contributed by atoms with Crippen LogP contribution in [0.2, 0.25) is 0 Å². The molecule has 0 saturated heterocycles. The van der Waals surface area contributed by atoms with Crippen LogP contribution < -0.4 is 0 Å². The van der Waals surface area contributed by atoms with Crippen molar-refractivity contribution in [3.05, 3.63) is 0 Å². The van der Waals surface area contributed by atoms with Crippen LogP contribution in [0.15, 0.2) is 0 Å². The molecule has 0 aliphatic carbocycles. The Morgan fingerprint density at radius 1 is 1.36 bits per heavy atom. The highest BCUT2D eigenvalue weighted by Gasteiger charge is 2.05. The van der Waals surface area contributed by atoms with Gasteiger partial charge in [0.05, 0.1) is 6.10 Å². The molecule has 0 aliphatic rings. The van der Waals surface area contributed by atoms with Gasteiger partial charge >= 0.3 is 0 Å².